The molecule has 0 radical (unpaired) electrons. The smallest absolute Gasteiger partial charge is 0.230 e. The second-order valence-corrected chi connectivity index (χ2v) is 5.41. The van der Waals surface area contributed by atoms with E-state index in [0.717, 1.165) is 22.3 Å². The van der Waals surface area contributed by atoms with E-state index in [9.17, 15) is 0 Å². The first-order chi connectivity index (χ1) is 9.26. The Bertz CT molecular complexity index is 706. The molecule has 1 aromatic carbocycles. The Morgan fingerprint density at radius 1 is 1.16 bits per heavy atom. The zero-order valence-corrected chi connectivity index (χ0v) is 11.9. The molecule has 5 heteroatoms. The molecule has 3 rings (SSSR count). The fourth-order valence-corrected chi connectivity index (χ4v) is 2.88. The Labute approximate surface area is 120 Å². The molecule has 0 spiro atoms. The van der Waals surface area contributed by atoms with E-state index in [2.05, 4.69) is 34.3 Å². The Morgan fingerprint density at radius 2 is 1.95 bits per heavy atom. The van der Waals surface area contributed by atoms with Crippen LogP contribution in [0.2, 0.25) is 5.15 Å². The molecule has 0 atom stereocenters. The first kappa shape index (κ1) is 12.4. The lowest BCUT2D eigenvalue weighted by atomic mass is 10.1. The van der Waals surface area contributed by atoms with E-state index in [1.807, 2.05) is 23.6 Å². The van der Waals surface area contributed by atoms with Crippen molar-refractivity contribution in [2.45, 2.75) is 13.3 Å². The van der Waals surface area contributed by atoms with Crippen LogP contribution < -0.4 is 5.32 Å². The molecule has 2 aromatic heterocycles. The van der Waals surface area contributed by atoms with E-state index < -0.39 is 0 Å². The average Bonchev–Trinajstić information content (AvgIpc) is 2.88. The second kappa shape index (κ2) is 5.15. The summed E-state index contributed by atoms with van der Waals surface area (Å²) in [5.41, 5.74) is 2.27. The van der Waals surface area contributed by atoms with Crippen LogP contribution in [-0.2, 0) is 6.42 Å². The fourth-order valence-electron chi connectivity index (χ4n) is 1.83. The lowest BCUT2D eigenvalue weighted by Crippen LogP contribution is -1.97. The van der Waals surface area contributed by atoms with Gasteiger partial charge in [0, 0.05) is 11.1 Å². The van der Waals surface area contributed by atoms with Crippen molar-refractivity contribution in [2.75, 3.05) is 5.32 Å². The van der Waals surface area contributed by atoms with E-state index in [4.69, 9.17) is 11.6 Å². The summed E-state index contributed by atoms with van der Waals surface area (Å²) in [6, 6.07) is 10.2. The maximum atomic E-state index is 6.13. The van der Waals surface area contributed by atoms with Gasteiger partial charge in [-0.2, -0.15) is 0 Å². The summed E-state index contributed by atoms with van der Waals surface area (Å²) in [4.78, 5) is 9.60. The number of nitrogens with one attached hydrogen (secondary N) is 1. The van der Waals surface area contributed by atoms with E-state index >= 15 is 0 Å². The molecule has 0 saturated carbocycles. The van der Waals surface area contributed by atoms with Gasteiger partial charge in [-0.1, -0.05) is 30.7 Å². The molecule has 3 nitrogen and oxygen atoms in total. The molecule has 0 aliphatic heterocycles. The zero-order chi connectivity index (χ0) is 13.2. The molecule has 2 heterocycles. The molecule has 0 aliphatic rings. The molecule has 0 saturated heterocycles. The van der Waals surface area contributed by atoms with Crippen LogP contribution in [0.5, 0.6) is 0 Å². The maximum absolute atomic E-state index is 6.13. The summed E-state index contributed by atoms with van der Waals surface area (Å²) in [7, 11) is 0. The maximum Gasteiger partial charge on any atom is 0.230 e. The van der Waals surface area contributed by atoms with E-state index in [1.54, 1.807) is 11.3 Å². The van der Waals surface area contributed by atoms with Gasteiger partial charge in [-0.3, -0.25) is 0 Å². The van der Waals surface area contributed by atoms with Gasteiger partial charge in [0.05, 0.1) is 0 Å². The third-order valence-electron chi connectivity index (χ3n) is 2.90. The molecule has 1 N–H and O–H groups in total. The number of hydrogen-bond donors (Lipinski definition) is 1. The predicted molar refractivity (Wildman–Crippen MR) is 81.5 cm³/mol. The summed E-state index contributed by atoms with van der Waals surface area (Å²) < 4.78 is 0. The van der Waals surface area contributed by atoms with Crippen molar-refractivity contribution in [1.29, 1.82) is 0 Å². The van der Waals surface area contributed by atoms with Gasteiger partial charge >= 0.3 is 0 Å². The van der Waals surface area contributed by atoms with Crippen LogP contribution in [-0.4, -0.2) is 9.97 Å². The molecule has 96 valence electrons. The second-order valence-electron chi connectivity index (χ2n) is 4.15. The molecule has 19 heavy (non-hydrogen) atoms. The largest absolute Gasteiger partial charge is 0.324 e. The summed E-state index contributed by atoms with van der Waals surface area (Å²) in [6.45, 7) is 2.13. The first-order valence-corrected chi connectivity index (χ1v) is 7.28. The van der Waals surface area contributed by atoms with Crippen LogP contribution in [0.1, 0.15) is 12.5 Å². The number of aromatic nitrogens is 2. The van der Waals surface area contributed by atoms with Gasteiger partial charge < -0.3 is 5.32 Å². The highest BCUT2D eigenvalue weighted by Gasteiger charge is 2.07. The van der Waals surface area contributed by atoms with Crippen LogP contribution in [0.15, 0.2) is 35.7 Å². The van der Waals surface area contributed by atoms with Gasteiger partial charge in [-0.15, -0.1) is 11.3 Å². The molecular weight excluding hydrogens is 278 g/mol. The van der Waals surface area contributed by atoms with Crippen LogP contribution in [0, 0.1) is 0 Å². The SMILES string of the molecule is CCc1ccc(Nc2nc(Cl)c3ccsc3n2)cc1. The van der Waals surface area contributed by atoms with Crippen molar-refractivity contribution in [1.82, 2.24) is 9.97 Å². The summed E-state index contributed by atoms with van der Waals surface area (Å²) in [5.74, 6) is 0.532. The average molecular weight is 290 g/mol. The van der Waals surface area contributed by atoms with Gasteiger partial charge in [0.25, 0.3) is 0 Å². The number of hydrogen-bond acceptors (Lipinski definition) is 4. The normalized spacial score (nSPS) is 10.8. The topological polar surface area (TPSA) is 37.8 Å². The summed E-state index contributed by atoms with van der Waals surface area (Å²) in [6.07, 6.45) is 1.03. The third kappa shape index (κ3) is 2.55. The predicted octanol–water partition coefficient (Wildman–Crippen LogP) is 4.65. The van der Waals surface area contributed by atoms with Crippen molar-refractivity contribution >= 4 is 44.8 Å². The molecule has 0 unspecified atom stereocenters. The quantitative estimate of drug-likeness (QED) is 0.713. The minimum absolute atomic E-state index is 0.485. The Balaban J connectivity index is 1.91. The van der Waals surface area contributed by atoms with Gasteiger partial charge in [0.1, 0.15) is 9.98 Å². The van der Waals surface area contributed by atoms with Crippen LogP contribution >= 0.6 is 22.9 Å². The van der Waals surface area contributed by atoms with Gasteiger partial charge in [-0.25, -0.2) is 9.97 Å². The number of aryl methyl sites for hydroxylation is 1. The van der Waals surface area contributed by atoms with Crippen LogP contribution in [0.4, 0.5) is 11.6 Å². The van der Waals surface area contributed by atoms with Crippen molar-refractivity contribution in [3.63, 3.8) is 0 Å². The molecule has 0 aliphatic carbocycles. The standard InChI is InChI=1S/C14H12ClN3S/c1-2-9-3-5-10(6-4-9)16-14-17-12(15)11-7-8-19-13(11)18-14/h3-8H,2H2,1H3,(H,16,17,18). The van der Waals surface area contributed by atoms with Crippen molar-refractivity contribution in [3.8, 4) is 0 Å². The Kier molecular flexibility index (Phi) is 3.36. The highest BCUT2D eigenvalue weighted by molar-refractivity contribution is 7.16. The summed E-state index contributed by atoms with van der Waals surface area (Å²) in [5, 5.41) is 6.53. The van der Waals surface area contributed by atoms with Crippen molar-refractivity contribution < 1.29 is 0 Å². The number of nitrogens with zero attached hydrogens (tertiary/aromatic N) is 2. The minimum Gasteiger partial charge on any atom is -0.324 e. The highest BCUT2D eigenvalue weighted by atomic mass is 35.5. The molecule has 0 bridgehead atoms. The monoisotopic (exact) mass is 289 g/mol. The van der Waals surface area contributed by atoms with Crippen molar-refractivity contribution in [2.24, 2.45) is 0 Å². The number of benzene rings is 1. The Morgan fingerprint density at radius 3 is 2.68 bits per heavy atom. The first-order valence-electron chi connectivity index (χ1n) is 6.03. The zero-order valence-electron chi connectivity index (χ0n) is 10.4. The van der Waals surface area contributed by atoms with Crippen LogP contribution in [0.25, 0.3) is 10.2 Å². The van der Waals surface area contributed by atoms with Gasteiger partial charge in [0.2, 0.25) is 5.95 Å². The van der Waals surface area contributed by atoms with Crippen molar-refractivity contribution in [3.05, 3.63) is 46.4 Å². The van der Waals surface area contributed by atoms with E-state index in [1.165, 1.54) is 5.56 Å². The van der Waals surface area contributed by atoms with Crippen LogP contribution in [0.3, 0.4) is 0 Å². The molecular formula is C14H12ClN3S. The highest BCUT2D eigenvalue weighted by Crippen LogP contribution is 2.27. The summed E-state index contributed by atoms with van der Waals surface area (Å²) >= 11 is 7.69. The van der Waals surface area contributed by atoms with Gasteiger partial charge in [0.15, 0.2) is 0 Å². The lowest BCUT2D eigenvalue weighted by Gasteiger charge is -2.06. The lowest BCUT2D eigenvalue weighted by molar-refractivity contribution is 1.14. The van der Waals surface area contributed by atoms with E-state index in [0.29, 0.717) is 11.1 Å². The number of fused-ring (bicyclic) bond motifs is 1. The fraction of sp³-hybridized carbons (Fsp3) is 0.143. The van der Waals surface area contributed by atoms with Gasteiger partial charge in [-0.05, 0) is 35.6 Å². The molecule has 0 amide bonds. The molecule has 3 aromatic rings. The number of rotatable bonds is 3. The third-order valence-corrected chi connectivity index (χ3v) is 3.99. The molecule has 0 fully saturated rings. The van der Waals surface area contributed by atoms with E-state index in [-0.39, 0.29) is 0 Å². The number of halogens is 1. The number of thiophene rings is 1. The minimum atomic E-state index is 0.485. The Hall–Kier alpha value is -1.65. The number of anilines is 2.